The lowest BCUT2D eigenvalue weighted by Gasteiger charge is -2.17. The molecule has 2 aliphatic heterocycles. The Bertz CT molecular complexity index is 697. The number of para-hydroxylation sites is 1. The fraction of sp³-hybridized carbons (Fsp3) is 0.652. The maximum Gasteiger partial charge on any atom is 0.0485 e. The van der Waals surface area contributed by atoms with Crippen molar-refractivity contribution in [3.8, 4) is 0 Å². The molecule has 1 fully saturated rings. The molecule has 0 aliphatic carbocycles. The van der Waals surface area contributed by atoms with Crippen molar-refractivity contribution in [2.75, 3.05) is 32.7 Å². The van der Waals surface area contributed by atoms with Crippen molar-refractivity contribution in [2.24, 2.45) is 0 Å². The number of nitrogens with one attached hydrogen (secondary N) is 1. The zero-order chi connectivity index (χ0) is 17.6. The van der Waals surface area contributed by atoms with E-state index >= 15 is 0 Å². The summed E-state index contributed by atoms with van der Waals surface area (Å²) in [6.45, 7) is 7.51. The highest BCUT2D eigenvalue weighted by Crippen LogP contribution is 2.30. The van der Waals surface area contributed by atoms with Gasteiger partial charge in [-0.05, 0) is 95.7 Å². The van der Waals surface area contributed by atoms with E-state index in [1.807, 2.05) is 0 Å². The molecule has 3 heterocycles. The molecular weight excluding hydrogens is 318 g/mol. The topological polar surface area (TPSA) is 20.2 Å². The lowest BCUT2D eigenvalue weighted by atomic mass is 10.0. The van der Waals surface area contributed by atoms with Gasteiger partial charge in [-0.15, -0.1) is 0 Å². The number of nitrogens with zero attached hydrogens (tertiary/aromatic N) is 2. The summed E-state index contributed by atoms with van der Waals surface area (Å²) in [5.41, 5.74) is 4.69. The summed E-state index contributed by atoms with van der Waals surface area (Å²) in [5, 5.41) is 5.20. The van der Waals surface area contributed by atoms with Gasteiger partial charge < -0.3 is 14.8 Å². The summed E-state index contributed by atoms with van der Waals surface area (Å²) in [6.07, 6.45) is 12.0. The number of aromatic nitrogens is 1. The highest BCUT2D eigenvalue weighted by Gasteiger charge is 2.18. The first-order chi connectivity index (χ1) is 12.9. The van der Waals surface area contributed by atoms with Crippen LogP contribution in [0.25, 0.3) is 10.9 Å². The van der Waals surface area contributed by atoms with Gasteiger partial charge in [0, 0.05) is 23.1 Å². The van der Waals surface area contributed by atoms with Crippen LogP contribution in [0.3, 0.4) is 0 Å². The summed E-state index contributed by atoms with van der Waals surface area (Å²) < 4.78 is 2.59. The minimum Gasteiger partial charge on any atom is -0.344 e. The average molecular weight is 354 g/mol. The summed E-state index contributed by atoms with van der Waals surface area (Å²) in [6, 6.07) is 9.02. The van der Waals surface area contributed by atoms with Gasteiger partial charge in [-0.3, -0.25) is 0 Å². The van der Waals surface area contributed by atoms with Crippen LogP contribution in [0.4, 0.5) is 0 Å². The Morgan fingerprint density at radius 3 is 2.62 bits per heavy atom. The summed E-state index contributed by atoms with van der Waals surface area (Å²) in [4.78, 5) is 2.63. The van der Waals surface area contributed by atoms with Crippen molar-refractivity contribution in [2.45, 2.75) is 64.3 Å². The van der Waals surface area contributed by atoms with Crippen LogP contribution in [0.15, 0.2) is 24.3 Å². The second kappa shape index (κ2) is 9.05. The van der Waals surface area contributed by atoms with Gasteiger partial charge in [0.25, 0.3) is 0 Å². The van der Waals surface area contributed by atoms with Gasteiger partial charge in [0.2, 0.25) is 0 Å². The van der Waals surface area contributed by atoms with Gasteiger partial charge in [-0.25, -0.2) is 0 Å². The zero-order valence-electron chi connectivity index (χ0n) is 16.3. The maximum absolute atomic E-state index is 3.70. The molecule has 3 heteroatoms. The molecule has 1 aromatic carbocycles. The lowest BCUT2D eigenvalue weighted by molar-refractivity contribution is 0.328. The van der Waals surface area contributed by atoms with Gasteiger partial charge in [-0.1, -0.05) is 24.6 Å². The second-order valence-corrected chi connectivity index (χ2v) is 8.16. The van der Waals surface area contributed by atoms with Crippen LogP contribution in [0, 0.1) is 0 Å². The number of benzene rings is 1. The van der Waals surface area contributed by atoms with Gasteiger partial charge >= 0.3 is 0 Å². The van der Waals surface area contributed by atoms with Crippen LogP contribution < -0.4 is 5.32 Å². The van der Waals surface area contributed by atoms with E-state index in [2.05, 4.69) is 39.0 Å². The quantitative estimate of drug-likeness (QED) is 0.675. The van der Waals surface area contributed by atoms with E-state index in [9.17, 15) is 0 Å². The Morgan fingerprint density at radius 1 is 0.846 bits per heavy atom. The van der Waals surface area contributed by atoms with E-state index in [0.717, 1.165) is 6.54 Å². The van der Waals surface area contributed by atoms with Crippen LogP contribution >= 0.6 is 0 Å². The molecule has 0 unspecified atom stereocenters. The highest BCUT2D eigenvalue weighted by atomic mass is 15.1. The third kappa shape index (κ3) is 4.15. The SMILES string of the molecule is c1ccc2c(c1)c(CCNCCCCCN1CCCC1)c1n2CCCC1. The first-order valence-electron chi connectivity index (χ1n) is 11.0. The molecule has 2 aromatic rings. The molecule has 142 valence electrons. The Hall–Kier alpha value is -1.32. The van der Waals surface area contributed by atoms with Crippen molar-refractivity contribution in [3.05, 3.63) is 35.5 Å². The molecule has 0 spiro atoms. The van der Waals surface area contributed by atoms with Crippen molar-refractivity contribution < 1.29 is 0 Å². The average Bonchev–Trinajstić information content (AvgIpc) is 3.31. The fourth-order valence-electron chi connectivity index (χ4n) is 4.92. The molecule has 0 bridgehead atoms. The molecule has 0 atom stereocenters. The molecule has 1 aromatic heterocycles. The monoisotopic (exact) mass is 353 g/mol. The van der Waals surface area contributed by atoms with E-state index in [1.54, 1.807) is 11.3 Å². The molecule has 1 N–H and O–H groups in total. The summed E-state index contributed by atoms with van der Waals surface area (Å²) in [5.74, 6) is 0. The minimum atomic E-state index is 1.12. The van der Waals surface area contributed by atoms with Crippen LogP contribution in [0.2, 0.25) is 0 Å². The predicted molar refractivity (Wildman–Crippen MR) is 111 cm³/mol. The molecule has 1 saturated heterocycles. The first kappa shape index (κ1) is 18.1. The number of hydrogen-bond acceptors (Lipinski definition) is 2. The van der Waals surface area contributed by atoms with E-state index in [4.69, 9.17) is 0 Å². The standard InChI is InChI=1S/C23H35N3/c1(6-16-25-17-8-9-18-25)5-14-24-15-13-21-20-10-2-3-11-22(20)26-19-7-4-12-23(21)26/h2-3,10-11,24H,1,4-9,12-19H2. The third-order valence-corrected chi connectivity index (χ3v) is 6.32. The van der Waals surface area contributed by atoms with Crippen molar-refractivity contribution >= 4 is 10.9 Å². The highest BCUT2D eigenvalue weighted by molar-refractivity contribution is 5.85. The van der Waals surface area contributed by atoms with Gasteiger partial charge in [0.15, 0.2) is 0 Å². The maximum atomic E-state index is 3.70. The number of rotatable bonds is 9. The number of likely N-dealkylation sites (tertiary alicyclic amines) is 1. The van der Waals surface area contributed by atoms with Crippen LogP contribution in [0.5, 0.6) is 0 Å². The van der Waals surface area contributed by atoms with E-state index in [1.165, 1.54) is 101 Å². The van der Waals surface area contributed by atoms with E-state index in [0.29, 0.717) is 0 Å². The summed E-state index contributed by atoms with van der Waals surface area (Å²) >= 11 is 0. The van der Waals surface area contributed by atoms with Crippen LogP contribution in [0.1, 0.15) is 56.2 Å². The smallest absolute Gasteiger partial charge is 0.0485 e. The third-order valence-electron chi connectivity index (χ3n) is 6.32. The number of aryl methyl sites for hydroxylation is 1. The normalized spacial score (nSPS) is 17.8. The molecule has 26 heavy (non-hydrogen) atoms. The fourth-order valence-corrected chi connectivity index (χ4v) is 4.92. The first-order valence-corrected chi connectivity index (χ1v) is 11.0. The Labute approximate surface area is 158 Å². The van der Waals surface area contributed by atoms with Gasteiger partial charge in [0.05, 0.1) is 0 Å². The van der Waals surface area contributed by atoms with E-state index in [-0.39, 0.29) is 0 Å². The minimum absolute atomic E-state index is 1.12. The predicted octanol–water partition coefficient (Wildman–Crippen LogP) is 4.38. The Kier molecular flexibility index (Phi) is 6.29. The molecular formula is C23H35N3. The number of fused-ring (bicyclic) bond motifs is 3. The van der Waals surface area contributed by atoms with E-state index < -0.39 is 0 Å². The van der Waals surface area contributed by atoms with Crippen molar-refractivity contribution in [3.63, 3.8) is 0 Å². The summed E-state index contributed by atoms with van der Waals surface area (Å²) in [7, 11) is 0. The zero-order valence-corrected chi connectivity index (χ0v) is 16.3. The second-order valence-electron chi connectivity index (χ2n) is 8.16. The van der Waals surface area contributed by atoms with Crippen LogP contribution in [-0.4, -0.2) is 42.2 Å². The van der Waals surface area contributed by atoms with Gasteiger partial charge in [-0.2, -0.15) is 0 Å². The number of unbranched alkanes of at least 4 members (excludes halogenated alkanes) is 2. The largest absolute Gasteiger partial charge is 0.344 e. The Balaban J connectivity index is 1.21. The molecule has 0 radical (unpaired) electrons. The lowest BCUT2D eigenvalue weighted by Crippen LogP contribution is -2.21. The molecule has 4 rings (SSSR count). The van der Waals surface area contributed by atoms with Crippen LogP contribution in [-0.2, 0) is 19.4 Å². The van der Waals surface area contributed by atoms with Crippen molar-refractivity contribution in [1.29, 1.82) is 0 Å². The molecule has 0 amide bonds. The number of hydrogen-bond donors (Lipinski definition) is 1. The van der Waals surface area contributed by atoms with Crippen molar-refractivity contribution in [1.82, 2.24) is 14.8 Å². The Morgan fingerprint density at radius 2 is 1.69 bits per heavy atom. The molecule has 0 saturated carbocycles. The molecule has 2 aliphatic rings. The van der Waals surface area contributed by atoms with Gasteiger partial charge in [0.1, 0.15) is 0 Å². The molecule has 3 nitrogen and oxygen atoms in total.